The molecule has 0 unspecified atom stereocenters. The van der Waals surface area contributed by atoms with Crippen molar-refractivity contribution in [3.05, 3.63) is 33.2 Å². The van der Waals surface area contributed by atoms with Gasteiger partial charge < -0.3 is 15.2 Å². The lowest BCUT2D eigenvalue weighted by atomic mass is 10.1. The molecule has 1 heterocycles. The van der Waals surface area contributed by atoms with E-state index in [0.29, 0.717) is 11.3 Å². The Morgan fingerprint density at radius 3 is 2.46 bits per heavy atom. The fourth-order valence-corrected chi connectivity index (χ4v) is 1.03. The molecule has 0 aliphatic carbocycles. The molecule has 5 heteroatoms. The van der Waals surface area contributed by atoms with Crippen LogP contribution in [-0.2, 0) is 13.2 Å². The van der Waals surface area contributed by atoms with Crippen LogP contribution in [0, 0.1) is 6.92 Å². The summed E-state index contributed by atoms with van der Waals surface area (Å²) in [5, 5.41) is 17.6. The first-order chi connectivity index (χ1) is 5.70. The van der Waals surface area contributed by atoms with E-state index < -0.39 is 0 Å². The van der Waals surface area contributed by atoms with Crippen LogP contribution in [0.1, 0.15) is 16.8 Å². The molecule has 0 spiro atoms. The molecular formula is C8H12ClNO3. The Bertz CT molecular complexity index is 335. The van der Waals surface area contributed by atoms with Crippen LogP contribution in [0.2, 0.25) is 0 Å². The van der Waals surface area contributed by atoms with Crippen molar-refractivity contribution in [2.75, 3.05) is 0 Å². The van der Waals surface area contributed by atoms with Crippen LogP contribution in [0.15, 0.2) is 11.0 Å². The first-order valence-corrected chi connectivity index (χ1v) is 3.62. The van der Waals surface area contributed by atoms with Crippen LogP contribution in [0.3, 0.4) is 0 Å². The summed E-state index contributed by atoms with van der Waals surface area (Å²) in [6.45, 7) is 1.05. The zero-order chi connectivity index (χ0) is 9.14. The third-order valence-corrected chi connectivity index (χ3v) is 1.78. The number of aryl methyl sites for hydroxylation is 1. The predicted octanol–water partition coefficient (Wildman–Crippen LogP) is 0.0897. The fourth-order valence-electron chi connectivity index (χ4n) is 1.03. The highest BCUT2D eigenvalue weighted by atomic mass is 35.5. The van der Waals surface area contributed by atoms with Gasteiger partial charge in [0, 0.05) is 17.3 Å². The summed E-state index contributed by atoms with van der Waals surface area (Å²) >= 11 is 0. The molecule has 1 aromatic heterocycles. The molecule has 74 valence electrons. The number of pyridine rings is 1. The number of nitrogens with one attached hydrogen (secondary N) is 1. The summed E-state index contributed by atoms with van der Waals surface area (Å²) in [5.74, 6) is 0. The Labute approximate surface area is 81.6 Å². The molecule has 4 nitrogen and oxygen atoms in total. The number of aliphatic hydroxyl groups is 2. The number of aromatic amines is 1. The summed E-state index contributed by atoms with van der Waals surface area (Å²) in [5.41, 5.74) is 0.960. The van der Waals surface area contributed by atoms with Crippen LogP contribution in [0.25, 0.3) is 0 Å². The Kier molecular flexibility index (Phi) is 4.69. The summed E-state index contributed by atoms with van der Waals surface area (Å²) in [6.07, 6.45) is 1.52. The maximum atomic E-state index is 11.3. The summed E-state index contributed by atoms with van der Waals surface area (Å²) in [6, 6.07) is 0. The van der Waals surface area contributed by atoms with E-state index in [4.69, 9.17) is 10.2 Å². The Balaban J connectivity index is 0.00000144. The third-order valence-electron chi connectivity index (χ3n) is 1.78. The van der Waals surface area contributed by atoms with Gasteiger partial charge in [-0.2, -0.15) is 0 Å². The molecule has 0 bridgehead atoms. The van der Waals surface area contributed by atoms with E-state index in [1.54, 1.807) is 6.92 Å². The fraction of sp³-hybridized carbons (Fsp3) is 0.375. The van der Waals surface area contributed by atoms with Crippen molar-refractivity contribution in [1.29, 1.82) is 0 Å². The van der Waals surface area contributed by atoms with E-state index in [1.165, 1.54) is 6.20 Å². The van der Waals surface area contributed by atoms with Gasteiger partial charge in [-0.3, -0.25) is 4.79 Å². The first-order valence-electron chi connectivity index (χ1n) is 3.62. The van der Waals surface area contributed by atoms with Crippen molar-refractivity contribution < 1.29 is 10.2 Å². The normalized spacial score (nSPS) is 9.46. The highest BCUT2D eigenvalue weighted by Crippen LogP contribution is 2.01. The third kappa shape index (κ3) is 2.30. The second-order valence-corrected chi connectivity index (χ2v) is 2.57. The number of H-pyrrole nitrogens is 1. The van der Waals surface area contributed by atoms with Crippen molar-refractivity contribution in [3.8, 4) is 0 Å². The zero-order valence-corrected chi connectivity index (χ0v) is 8.02. The van der Waals surface area contributed by atoms with E-state index in [-0.39, 0.29) is 36.6 Å². The van der Waals surface area contributed by atoms with Gasteiger partial charge in [-0.05, 0) is 6.92 Å². The van der Waals surface area contributed by atoms with Crippen molar-refractivity contribution in [2.24, 2.45) is 0 Å². The second-order valence-electron chi connectivity index (χ2n) is 2.57. The molecule has 0 radical (unpaired) electrons. The zero-order valence-electron chi connectivity index (χ0n) is 7.20. The second kappa shape index (κ2) is 5.01. The van der Waals surface area contributed by atoms with Crippen LogP contribution in [0.4, 0.5) is 0 Å². The smallest absolute Gasteiger partial charge is 0.190 e. The average molecular weight is 206 g/mol. The van der Waals surface area contributed by atoms with Crippen molar-refractivity contribution in [3.63, 3.8) is 0 Å². The van der Waals surface area contributed by atoms with E-state index >= 15 is 0 Å². The van der Waals surface area contributed by atoms with Crippen molar-refractivity contribution in [2.45, 2.75) is 20.1 Å². The van der Waals surface area contributed by atoms with E-state index in [9.17, 15) is 4.79 Å². The summed E-state index contributed by atoms with van der Waals surface area (Å²) in [7, 11) is 0. The molecule has 0 saturated heterocycles. The van der Waals surface area contributed by atoms with Crippen molar-refractivity contribution >= 4 is 12.4 Å². The van der Waals surface area contributed by atoms with Gasteiger partial charge in [-0.25, -0.2) is 0 Å². The number of hydrogen-bond donors (Lipinski definition) is 3. The molecule has 0 amide bonds. The number of rotatable bonds is 2. The molecular weight excluding hydrogens is 194 g/mol. The maximum absolute atomic E-state index is 11.3. The highest BCUT2D eigenvalue weighted by Gasteiger charge is 2.06. The van der Waals surface area contributed by atoms with Gasteiger partial charge in [0.05, 0.1) is 18.9 Å². The van der Waals surface area contributed by atoms with Gasteiger partial charge in [0.25, 0.3) is 0 Å². The monoisotopic (exact) mass is 205 g/mol. The Hall–Kier alpha value is -0.840. The standard InChI is InChI=1S/C8H11NO3.ClH/c1-5-2-9-7(4-11)6(3-10)8(5)12;/h2,10-11H,3-4H2,1H3,(H,9,12);1H. The predicted molar refractivity (Wildman–Crippen MR) is 50.9 cm³/mol. The number of aromatic nitrogens is 1. The lowest BCUT2D eigenvalue weighted by molar-refractivity contribution is 0.255. The minimum atomic E-state index is -0.340. The van der Waals surface area contributed by atoms with E-state index in [0.717, 1.165) is 0 Å². The average Bonchev–Trinajstić information content (AvgIpc) is 2.09. The number of halogens is 1. The molecule has 1 aromatic rings. The number of aliphatic hydroxyl groups excluding tert-OH is 2. The summed E-state index contributed by atoms with van der Waals surface area (Å²) in [4.78, 5) is 14.0. The largest absolute Gasteiger partial charge is 0.391 e. The maximum Gasteiger partial charge on any atom is 0.190 e. The van der Waals surface area contributed by atoms with Gasteiger partial charge in [0.2, 0.25) is 0 Å². The molecule has 0 saturated carbocycles. The topological polar surface area (TPSA) is 73.3 Å². The molecule has 0 atom stereocenters. The Morgan fingerprint density at radius 1 is 1.38 bits per heavy atom. The molecule has 0 fully saturated rings. The lowest BCUT2D eigenvalue weighted by Crippen LogP contribution is -2.16. The molecule has 0 aliphatic heterocycles. The quantitative estimate of drug-likeness (QED) is 0.641. The summed E-state index contributed by atoms with van der Waals surface area (Å²) < 4.78 is 0. The van der Waals surface area contributed by atoms with Gasteiger partial charge in [0.1, 0.15) is 0 Å². The molecule has 0 aromatic carbocycles. The highest BCUT2D eigenvalue weighted by molar-refractivity contribution is 5.85. The van der Waals surface area contributed by atoms with Gasteiger partial charge in [-0.15, -0.1) is 12.4 Å². The van der Waals surface area contributed by atoms with Crippen LogP contribution in [0.5, 0.6) is 0 Å². The van der Waals surface area contributed by atoms with Crippen LogP contribution < -0.4 is 5.43 Å². The SMILES string of the molecule is Cc1c[nH]c(CO)c(CO)c1=O.Cl. The molecule has 0 aliphatic rings. The van der Waals surface area contributed by atoms with Gasteiger partial charge in [-0.1, -0.05) is 0 Å². The molecule has 13 heavy (non-hydrogen) atoms. The molecule has 3 N–H and O–H groups in total. The van der Waals surface area contributed by atoms with E-state index in [1.807, 2.05) is 0 Å². The van der Waals surface area contributed by atoms with E-state index in [2.05, 4.69) is 4.98 Å². The minimum Gasteiger partial charge on any atom is -0.391 e. The van der Waals surface area contributed by atoms with Crippen LogP contribution in [-0.4, -0.2) is 15.2 Å². The van der Waals surface area contributed by atoms with Crippen LogP contribution >= 0.6 is 12.4 Å². The van der Waals surface area contributed by atoms with Crippen molar-refractivity contribution in [1.82, 2.24) is 4.98 Å². The minimum absolute atomic E-state index is 0. The van der Waals surface area contributed by atoms with Gasteiger partial charge >= 0.3 is 0 Å². The first kappa shape index (κ1) is 12.2. The lowest BCUT2D eigenvalue weighted by Gasteiger charge is -2.03. The molecule has 1 rings (SSSR count). The number of hydrogen-bond acceptors (Lipinski definition) is 3. The Morgan fingerprint density at radius 2 is 2.00 bits per heavy atom. The van der Waals surface area contributed by atoms with Gasteiger partial charge in [0.15, 0.2) is 5.43 Å².